The highest BCUT2D eigenvalue weighted by Crippen LogP contribution is 2.03. The lowest BCUT2D eigenvalue weighted by molar-refractivity contribution is -0.137. The van der Waals surface area contributed by atoms with Crippen LogP contribution in [0.1, 0.15) is 12.8 Å². The van der Waals surface area contributed by atoms with Crippen molar-refractivity contribution in [3.05, 3.63) is 12.2 Å². The van der Waals surface area contributed by atoms with Crippen LogP contribution < -0.4 is 5.32 Å². The summed E-state index contributed by atoms with van der Waals surface area (Å²) in [5.74, 6) is -1.01. The van der Waals surface area contributed by atoms with Crippen molar-refractivity contribution in [2.75, 3.05) is 32.9 Å². The Labute approximate surface area is 111 Å². The highest BCUT2D eigenvalue weighted by molar-refractivity contribution is 6.13. The van der Waals surface area contributed by atoms with Gasteiger partial charge in [0.15, 0.2) is 0 Å². The van der Waals surface area contributed by atoms with Crippen molar-refractivity contribution in [2.24, 2.45) is 0 Å². The lowest BCUT2D eigenvalue weighted by Crippen LogP contribution is -2.35. The molecule has 106 valence electrons. The SMILES string of the molecule is O=C(CCN1C(=O)C=CC1=O)NCCOCCCO. The normalized spacial score (nSPS) is 14.3. The van der Waals surface area contributed by atoms with Gasteiger partial charge >= 0.3 is 0 Å². The standard InChI is InChI=1S/C12H18N2O5/c15-7-1-8-19-9-5-13-10(16)4-6-14-11(17)2-3-12(14)18/h2-3,15H,1,4-9H2,(H,13,16). The molecule has 1 rings (SSSR count). The minimum Gasteiger partial charge on any atom is -0.396 e. The summed E-state index contributed by atoms with van der Waals surface area (Å²) < 4.78 is 5.13. The molecule has 7 heteroatoms. The molecule has 19 heavy (non-hydrogen) atoms. The van der Waals surface area contributed by atoms with Gasteiger partial charge < -0.3 is 15.2 Å². The Morgan fingerprint density at radius 1 is 1.26 bits per heavy atom. The lowest BCUT2D eigenvalue weighted by atomic mass is 10.3. The number of nitrogens with zero attached hydrogens (tertiary/aromatic N) is 1. The molecule has 3 amide bonds. The van der Waals surface area contributed by atoms with E-state index in [0.29, 0.717) is 26.2 Å². The summed E-state index contributed by atoms with van der Waals surface area (Å²) in [5, 5.41) is 11.1. The van der Waals surface area contributed by atoms with Crippen LogP contribution in [0.5, 0.6) is 0 Å². The smallest absolute Gasteiger partial charge is 0.253 e. The molecule has 0 aromatic heterocycles. The number of ether oxygens (including phenoxy) is 1. The van der Waals surface area contributed by atoms with Gasteiger partial charge in [-0.3, -0.25) is 19.3 Å². The molecule has 2 N–H and O–H groups in total. The first-order valence-corrected chi connectivity index (χ1v) is 6.14. The molecular weight excluding hydrogens is 252 g/mol. The van der Waals surface area contributed by atoms with Crippen LogP contribution in [0.25, 0.3) is 0 Å². The highest BCUT2D eigenvalue weighted by Gasteiger charge is 2.23. The molecule has 1 heterocycles. The zero-order valence-electron chi connectivity index (χ0n) is 10.6. The van der Waals surface area contributed by atoms with Crippen molar-refractivity contribution in [1.82, 2.24) is 10.2 Å². The molecule has 0 saturated heterocycles. The van der Waals surface area contributed by atoms with E-state index < -0.39 is 0 Å². The zero-order valence-corrected chi connectivity index (χ0v) is 10.6. The maximum Gasteiger partial charge on any atom is 0.253 e. The van der Waals surface area contributed by atoms with Crippen LogP contribution in [0.3, 0.4) is 0 Å². The molecule has 0 bridgehead atoms. The summed E-state index contributed by atoms with van der Waals surface area (Å²) in [6.45, 7) is 1.36. The highest BCUT2D eigenvalue weighted by atomic mass is 16.5. The van der Waals surface area contributed by atoms with Gasteiger partial charge in [-0.15, -0.1) is 0 Å². The number of aliphatic hydroxyl groups excluding tert-OH is 1. The van der Waals surface area contributed by atoms with E-state index >= 15 is 0 Å². The maximum atomic E-state index is 11.4. The summed E-state index contributed by atoms with van der Waals surface area (Å²) in [5.41, 5.74) is 0. The van der Waals surface area contributed by atoms with Gasteiger partial charge in [-0.05, 0) is 6.42 Å². The number of imide groups is 1. The van der Waals surface area contributed by atoms with Gasteiger partial charge in [0.1, 0.15) is 0 Å². The van der Waals surface area contributed by atoms with Crippen molar-refractivity contribution in [3.8, 4) is 0 Å². The van der Waals surface area contributed by atoms with E-state index in [9.17, 15) is 14.4 Å². The van der Waals surface area contributed by atoms with Crippen LogP contribution in [0.4, 0.5) is 0 Å². The van der Waals surface area contributed by atoms with E-state index in [2.05, 4.69) is 5.32 Å². The van der Waals surface area contributed by atoms with Crippen molar-refractivity contribution < 1.29 is 24.2 Å². The molecule has 7 nitrogen and oxygen atoms in total. The predicted molar refractivity (Wildman–Crippen MR) is 66.0 cm³/mol. The zero-order chi connectivity index (χ0) is 14.1. The Morgan fingerprint density at radius 2 is 1.95 bits per heavy atom. The second kappa shape index (κ2) is 8.39. The topological polar surface area (TPSA) is 95.9 Å². The average Bonchev–Trinajstić information content (AvgIpc) is 2.71. The van der Waals surface area contributed by atoms with E-state index in [1.165, 1.54) is 12.2 Å². The van der Waals surface area contributed by atoms with Gasteiger partial charge in [-0.25, -0.2) is 0 Å². The lowest BCUT2D eigenvalue weighted by Gasteiger charge is -2.13. The summed E-state index contributed by atoms with van der Waals surface area (Å²) in [4.78, 5) is 34.9. The Hall–Kier alpha value is -1.73. The molecule has 0 saturated carbocycles. The first kappa shape index (κ1) is 15.3. The van der Waals surface area contributed by atoms with E-state index in [0.717, 1.165) is 4.90 Å². The van der Waals surface area contributed by atoms with E-state index in [-0.39, 0.29) is 37.3 Å². The van der Waals surface area contributed by atoms with Crippen LogP contribution in [-0.2, 0) is 19.1 Å². The molecular formula is C12H18N2O5. The van der Waals surface area contributed by atoms with Crippen molar-refractivity contribution >= 4 is 17.7 Å². The fourth-order valence-electron chi connectivity index (χ4n) is 1.48. The van der Waals surface area contributed by atoms with Gasteiger partial charge in [0.25, 0.3) is 11.8 Å². The van der Waals surface area contributed by atoms with Crippen LogP contribution in [-0.4, -0.2) is 60.6 Å². The summed E-state index contributed by atoms with van der Waals surface area (Å²) in [6, 6.07) is 0. The number of carbonyl (C=O) groups is 3. The van der Waals surface area contributed by atoms with E-state index in [4.69, 9.17) is 9.84 Å². The van der Waals surface area contributed by atoms with Gasteiger partial charge in [-0.2, -0.15) is 0 Å². The monoisotopic (exact) mass is 270 g/mol. The third-order valence-electron chi connectivity index (χ3n) is 2.48. The molecule has 0 aromatic rings. The quantitative estimate of drug-likeness (QED) is 0.406. The molecule has 1 aliphatic heterocycles. The van der Waals surface area contributed by atoms with Gasteiger partial charge in [0.05, 0.1) is 6.61 Å². The summed E-state index contributed by atoms with van der Waals surface area (Å²) >= 11 is 0. The average molecular weight is 270 g/mol. The van der Waals surface area contributed by atoms with Crippen LogP contribution >= 0.6 is 0 Å². The second-order valence-electron chi connectivity index (χ2n) is 3.95. The summed E-state index contributed by atoms with van der Waals surface area (Å²) in [6.07, 6.45) is 3.03. The van der Waals surface area contributed by atoms with Gasteiger partial charge in [0, 0.05) is 44.9 Å². The first-order valence-electron chi connectivity index (χ1n) is 6.14. The minimum atomic E-state index is -0.384. The van der Waals surface area contributed by atoms with E-state index in [1.807, 2.05) is 0 Å². The fourth-order valence-corrected chi connectivity index (χ4v) is 1.48. The largest absolute Gasteiger partial charge is 0.396 e. The molecule has 0 fully saturated rings. The van der Waals surface area contributed by atoms with E-state index in [1.54, 1.807) is 0 Å². The number of carbonyl (C=O) groups excluding carboxylic acids is 3. The molecule has 0 aromatic carbocycles. The van der Waals surface area contributed by atoms with Crippen molar-refractivity contribution in [3.63, 3.8) is 0 Å². The number of hydrogen-bond acceptors (Lipinski definition) is 5. The molecule has 0 aliphatic carbocycles. The minimum absolute atomic E-state index is 0.0792. The first-order chi connectivity index (χ1) is 9.15. The van der Waals surface area contributed by atoms with Crippen molar-refractivity contribution in [2.45, 2.75) is 12.8 Å². The van der Waals surface area contributed by atoms with Gasteiger partial charge in [-0.1, -0.05) is 0 Å². The Balaban J connectivity index is 2.05. The van der Waals surface area contributed by atoms with Crippen LogP contribution in [0, 0.1) is 0 Å². The molecule has 0 atom stereocenters. The number of aliphatic hydroxyl groups is 1. The number of rotatable bonds is 9. The molecule has 0 spiro atoms. The molecule has 0 unspecified atom stereocenters. The van der Waals surface area contributed by atoms with Crippen LogP contribution in [0.15, 0.2) is 12.2 Å². The maximum absolute atomic E-state index is 11.4. The second-order valence-corrected chi connectivity index (χ2v) is 3.95. The van der Waals surface area contributed by atoms with Gasteiger partial charge in [0.2, 0.25) is 5.91 Å². The fraction of sp³-hybridized carbons (Fsp3) is 0.583. The molecule has 0 radical (unpaired) electrons. The number of amides is 3. The van der Waals surface area contributed by atoms with Crippen molar-refractivity contribution in [1.29, 1.82) is 0 Å². The Kier molecular flexibility index (Phi) is 6.76. The Morgan fingerprint density at radius 3 is 2.58 bits per heavy atom. The number of nitrogens with one attached hydrogen (secondary N) is 1. The predicted octanol–water partition coefficient (Wildman–Crippen LogP) is -1.18. The molecule has 1 aliphatic rings. The summed E-state index contributed by atoms with van der Waals surface area (Å²) in [7, 11) is 0. The van der Waals surface area contributed by atoms with Crippen LogP contribution in [0.2, 0.25) is 0 Å². The third-order valence-corrected chi connectivity index (χ3v) is 2.48. The Bertz CT molecular complexity index is 349. The number of hydrogen-bond donors (Lipinski definition) is 2. The third kappa shape index (κ3) is 5.62.